The maximum atomic E-state index is 6.23. The van der Waals surface area contributed by atoms with E-state index < -0.39 is 0 Å². The van der Waals surface area contributed by atoms with E-state index in [1.807, 2.05) is 30.3 Å². The Kier molecular flexibility index (Phi) is 4.52. The summed E-state index contributed by atoms with van der Waals surface area (Å²) < 4.78 is 5.83. The number of hydrogen-bond acceptors (Lipinski definition) is 3. The van der Waals surface area contributed by atoms with E-state index in [0.717, 1.165) is 41.7 Å². The average Bonchev–Trinajstić information content (AvgIpc) is 2.55. The quantitative estimate of drug-likeness (QED) is 0.864. The van der Waals surface area contributed by atoms with Gasteiger partial charge in [0.2, 0.25) is 0 Å². The Hall–Kier alpha value is -2.16. The minimum Gasteiger partial charge on any atom is -0.489 e. The van der Waals surface area contributed by atoms with Crippen LogP contribution in [-0.2, 0) is 6.61 Å². The first-order valence-corrected chi connectivity index (χ1v) is 8.03. The number of benzene rings is 2. The van der Waals surface area contributed by atoms with E-state index in [9.17, 15) is 0 Å². The van der Waals surface area contributed by atoms with Gasteiger partial charge in [-0.25, -0.2) is 0 Å². The fraction of sp³-hybridized carbons (Fsp3) is 0.368. The molecule has 1 saturated heterocycles. The molecule has 3 heteroatoms. The van der Waals surface area contributed by atoms with Crippen LogP contribution in [0.1, 0.15) is 25.3 Å². The fourth-order valence-electron chi connectivity index (χ4n) is 2.90. The van der Waals surface area contributed by atoms with Gasteiger partial charge < -0.3 is 15.4 Å². The Bertz CT molecular complexity index is 604. The van der Waals surface area contributed by atoms with Crippen LogP contribution in [0.4, 0.5) is 11.4 Å². The molecule has 1 heterocycles. The smallest absolute Gasteiger partial charge is 0.122 e. The number of nitrogens with two attached hydrogens (primary N) is 1. The lowest BCUT2D eigenvalue weighted by molar-refractivity contribution is 0.306. The monoisotopic (exact) mass is 296 g/mol. The highest BCUT2D eigenvalue weighted by Crippen LogP contribution is 2.31. The Morgan fingerprint density at radius 2 is 1.82 bits per heavy atom. The highest BCUT2D eigenvalue weighted by molar-refractivity contribution is 5.69. The van der Waals surface area contributed by atoms with Gasteiger partial charge in [0, 0.05) is 19.2 Å². The summed E-state index contributed by atoms with van der Waals surface area (Å²) in [5, 5.41) is 0. The van der Waals surface area contributed by atoms with Crippen molar-refractivity contribution in [2.45, 2.75) is 26.4 Å². The Morgan fingerprint density at radius 1 is 1.09 bits per heavy atom. The number of nitrogen functional groups attached to an aromatic ring is 1. The molecule has 0 spiro atoms. The lowest BCUT2D eigenvalue weighted by Gasteiger charge is -2.33. The van der Waals surface area contributed by atoms with Crippen LogP contribution in [0.15, 0.2) is 48.5 Å². The number of piperidine rings is 1. The van der Waals surface area contributed by atoms with Crippen LogP contribution in [0.25, 0.3) is 0 Å². The number of ether oxygens (including phenoxy) is 1. The molecule has 0 aromatic heterocycles. The molecule has 0 aliphatic carbocycles. The third-order valence-electron chi connectivity index (χ3n) is 4.37. The number of rotatable bonds is 4. The van der Waals surface area contributed by atoms with E-state index in [2.05, 4.69) is 30.0 Å². The van der Waals surface area contributed by atoms with Crippen LogP contribution >= 0.6 is 0 Å². The molecule has 0 saturated carbocycles. The predicted octanol–water partition coefficient (Wildman–Crippen LogP) is 4.08. The molecular formula is C19H24N2O. The first kappa shape index (κ1) is 14.8. The summed E-state index contributed by atoms with van der Waals surface area (Å²) in [6, 6.07) is 16.2. The molecule has 2 aromatic carbocycles. The van der Waals surface area contributed by atoms with Crippen molar-refractivity contribution in [3.8, 4) is 5.75 Å². The summed E-state index contributed by atoms with van der Waals surface area (Å²) in [5.74, 6) is 1.65. The zero-order valence-electron chi connectivity index (χ0n) is 13.2. The van der Waals surface area contributed by atoms with E-state index in [-0.39, 0.29) is 0 Å². The molecule has 116 valence electrons. The van der Waals surface area contributed by atoms with E-state index in [0.29, 0.717) is 6.61 Å². The molecule has 2 N–H and O–H groups in total. The molecule has 22 heavy (non-hydrogen) atoms. The van der Waals surface area contributed by atoms with Crippen LogP contribution in [0, 0.1) is 5.92 Å². The largest absolute Gasteiger partial charge is 0.489 e. The number of nitrogens with zero attached hydrogens (tertiary/aromatic N) is 1. The average molecular weight is 296 g/mol. The van der Waals surface area contributed by atoms with Crippen LogP contribution in [0.3, 0.4) is 0 Å². The highest BCUT2D eigenvalue weighted by atomic mass is 16.5. The third kappa shape index (κ3) is 3.53. The van der Waals surface area contributed by atoms with Crippen molar-refractivity contribution in [1.82, 2.24) is 0 Å². The molecule has 0 bridgehead atoms. The van der Waals surface area contributed by atoms with E-state index >= 15 is 0 Å². The normalized spacial score (nSPS) is 15.8. The van der Waals surface area contributed by atoms with Crippen LogP contribution in [0.5, 0.6) is 5.75 Å². The molecule has 1 aliphatic rings. The Labute approximate surface area is 132 Å². The van der Waals surface area contributed by atoms with Gasteiger partial charge in [-0.05, 0) is 36.5 Å². The first-order valence-electron chi connectivity index (χ1n) is 8.03. The minimum atomic E-state index is 0.570. The van der Waals surface area contributed by atoms with Crippen molar-refractivity contribution in [3.63, 3.8) is 0 Å². The van der Waals surface area contributed by atoms with Gasteiger partial charge in [0.25, 0.3) is 0 Å². The van der Waals surface area contributed by atoms with Gasteiger partial charge in [-0.15, -0.1) is 0 Å². The lowest BCUT2D eigenvalue weighted by atomic mass is 9.98. The molecule has 3 nitrogen and oxygen atoms in total. The van der Waals surface area contributed by atoms with Gasteiger partial charge in [-0.2, -0.15) is 0 Å². The second-order valence-corrected chi connectivity index (χ2v) is 6.16. The second-order valence-electron chi connectivity index (χ2n) is 6.16. The summed E-state index contributed by atoms with van der Waals surface area (Å²) in [5.41, 5.74) is 9.34. The topological polar surface area (TPSA) is 38.5 Å². The molecule has 1 aliphatic heterocycles. The summed E-state index contributed by atoms with van der Waals surface area (Å²) >= 11 is 0. The third-order valence-corrected chi connectivity index (χ3v) is 4.37. The van der Waals surface area contributed by atoms with Crippen molar-refractivity contribution >= 4 is 11.4 Å². The van der Waals surface area contributed by atoms with Crippen molar-refractivity contribution in [1.29, 1.82) is 0 Å². The molecule has 0 atom stereocenters. The Balaban J connectivity index is 1.64. The maximum absolute atomic E-state index is 6.23. The summed E-state index contributed by atoms with van der Waals surface area (Å²) in [7, 11) is 0. The minimum absolute atomic E-state index is 0.570. The fourth-order valence-corrected chi connectivity index (χ4v) is 2.90. The predicted molar refractivity (Wildman–Crippen MR) is 92.2 cm³/mol. The molecule has 3 rings (SSSR count). The summed E-state index contributed by atoms with van der Waals surface area (Å²) in [6.07, 6.45) is 2.48. The molecule has 0 unspecified atom stereocenters. The molecule has 2 aromatic rings. The number of anilines is 2. The van der Waals surface area contributed by atoms with E-state index in [1.165, 1.54) is 12.8 Å². The first-order chi connectivity index (χ1) is 10.7. The van der Waals surface area contributed by atoms with Crippen LogP contribution < -0.4 is 15.4 Å². The van der Waals surface area contributed by atoms with E-state index in [4.69, 9.17) is 10.5 Å². The van der Waals surface area contributed by atoms with Crippen molar-refractivity contribution in [2.24, 2.45) is 5.92 Å². The summed E-state index contributed by atoms with van der Waals surface area (Å²) in [4.78, 5) is 2.39. The highest BCUT2D eigenvalue weighted by Gasteiger charge is 2.17. The molecule has 0 amide bonds. The van der Waals surface area contributed by atoms with Crippen LogP contribution in [-0.4, -0.2) is 13.1 Å². The maximum Gasteiger partial charge on any atom is 0.122 e. The zero-order valence-corrected chi connectivity index (χ0v) is 13.2. The standard InChI is InChI=1S/C19H24N2O/c1-15-9-11-21(12-10-15)19-8-7-17(13-18(19)20)22-14-16-5-3-2-4-6-16/h2-8,13,15H,9-12,14,20H2,1H3. The lowest BCUT2D eigenvalue weighted by Crippen LogP contribution is -2.33. The van der Waals surface area contributed by atoms with Gasteiger partial charge in [0.1, 0.15) is 12.4 Å². The van der Waals surface area contributed by atoms with Gasteiger partial charge in [-0.3, -0.25) is 0 Å². The van der Waals surface area contributed by atoms with Gasteiger partial charge in [0.15, 0.2) is 0 Å². The van der Waals surface area contributed by atoms with Gasteiger partial charge in [-0.1, -0.05) is 37.3 Å². The van der Waals surface area contributed by atoms with E-state index in [1.54, 1.807) is 0 Å². The van der Waals surface area contributed by atoms with Crippen molar-refractivity contribution in [2.75, 3.05) is 23.7 Å². The molecular weight excluding hydrogens is 272 g/mol. The van der Waals surface area contributed by atoms with Gasteiger partial charge >= 0.3 is 0 Å². The zero-order chi connectivity index (χ0) is 15.4. The summed E-state index contributed by atoms with van der Waals surface area (Å²) in [6.45, 7) is 5.08. The van der Waals surface area contributed by atoms with Crippen molar-refractivity contribution < 1.29 is 4.74 Å². The van der Waals surface area contributed by atoms with Gasteiger partial charge in [0.05, 0.1) is 11.4 Å². The molecule has 1 fully saturated rings. The van der Waals surface area contributed by atoms with Crippen molar-refractivity contribution in [3.05, 3.63) is 54.1 Å². The molecule has 0 radical (unpaired) electrons. The second kappa shape index (κ2) is 6.73. The Morgan fingerprint density at radius 3 is 2.50 bits per heavy atom. The SMILES string of the molecule is CC1CCN(c2ccc(OCc3ccccc3)cc2N)CC1. The number of hydrogen-bond donors (Lipinski definition) is 1. The van der Waals surface area contributed by atoms with Crippen LogP contribution in [0.2, 0.25) is 0 Å².